The molecule has 0 fully saturated rings. The van der Waals surface area contributed by atoms with Gasteiger partial charge in [-0.2, -0.15) is 0 Å². The van der Waals surface area contributed by atoms with Crippen LogP contribution in [0.3, 0.4) is 0 Å². The zero-order chi connectivity index (χ0) is 24.7. The smallest absolute Gasteiger partial charge is 0.265 e. The Morgan fingerprint density at radius 1 is 1.11 bits per heavy atom. The van der Waals surface area contributed by atoms with Gasteiger partial charge < -0.3 is 0 Å². The van der Waals surface area contributed by atoms with Crippen LogP contribution in [0.2, 0.25) is 5.02 Å². The number of benzene rings is 2. The largest absolute Gasteiger partial charge is 0.298 e. The first-order valence-electron chi connectivity index (χ1n) is 10.3. The molecule has 1 N–H and O–H groups in total. The zero-order valence-electron chi connectivity index (χ0n) is 18.2. The Bertz CT molecular complexity index is 1780. The van der Waals surface area contributed by atoms with E-state index < -0.39 is 21.3 Å². The summed E-state index contributed by atoms with van der Waals surface area (Å²) in [6, 6.07) is 16.7. The second-order valence-corrected chi connectivity index (χ2v) is 11.3. The summed E-state index contributed by atoms with van der Waals surface area (Å²) in [5.74, 6) is -0.618. The van der Waals surface area contributed by atoms with Crippen LogP contribution < -0.4 is 10.9 Å². The van der Waals surface area contributed by atoms with Crippen molar-refractivity contribution in [1.82, 2.24) is 14.5 Å². The number of fused-ring (bicyclic) bond motifs is 2. The highest BCUT2D eigenvalue weighted by molar-refractivity contribution is 7.90. The fourth-order valence-electron chi connectivity index (χ4n) is 3.64. The molecule has 0 aliphatic carbocycles. The van der Waals surface area contributed by atoms with Crippen molar-refractivity contribution in [2.24, 2.45) is 0 Å². The summed E-state index contributed by atoms with van der Waals surface area (Å²) in [4.78, 5) is 35.4. The molecule has 0 atom stereocenters. The first-order valence-corrected chi connectivity index (χ1v) is 13.4. The van der Waals surface area contributed by atoms with Gasteiger partial charge in [0.15, 0.2) is 15.0 Å². The SMILES string of the molecule is CS(=O)(=O)c1ccc2nc(NC(=O)c3cc4cccnc4n(Cc4ccc(Cl)cc4)c3=O)sc2c1. The molecule has 8 nitrogen and oxygen atoms in total. The Kier molecular flexibility index (Phi) is 5.87. The van der Waals surface area contributed by atoms with E-state index in [9.17, 15) is 18.0 Å². The number of carbonyl (C=O) groups excluding carboxylic acids is 1. The molecule has 11 heteroatoms. The second-order valence-electron chi connectivity index (χ2n) is 7.87. The molecule has 3 aromatic heterocycles. The molecule has 0 spiro atoms. The first kappa shape index (κ1) is 23.2. The fourth-order valence-corrected chi connectivity index (χ4v) is 5.39. The third kappa shape index (κ3) is 4.68. The van der Waals surface area contributed by atoms with E-state index in [0.29, 0.717) is 26.3 Å². The molecule has 0 saturated carbocycles. The summed E-state index contributed by atoms with van der Waals surface area (Å²) in [6.07, 6.45) is 2.72. The van der Waals surface area contributed by atoms with E-state index in [2.05, 4.69) is 15.3 Å². The Labute approximate surface area is 208 Å². The van der Waals surface area contributed by atoms with E-state index in [4.69, 9.17) is 11.6 Å². The lowest BCUT2D eigenvalue weighted by molar-refractivity contribution is 0.102. The van der Waals surface area contributed by atoms with Crippen molar-refractivity contribution < 1.29 is 13.2 Å². The lowest BCUT2D eigenvalue weighted by Gasteiger charge is -2.12. The molecular weight excluding hydrogens is 508 g/mol. The minimum atomic E-state index is -3.38. The lowest BCUT2D eigenvalue weighted by atomic mass is 10.1. The minimum absolute atomic E-state index is 0.0597. The third-order valence-corrected chi connectivity index (χ3v) is 7.65. The van der Waals surface area contributed by atoms with Crippen LogP contribution in [0.15, 0.2) is 76.6 Å². The molecule has 5 rings (SSSR count). The topological polar surface area (TPSA) is 111 Å². The highest BCUT2D eigenvalue weighted by Crippen LogP contribution is 2.28. The van der Waals surface area contributed by atoms with Crippen molar-refractivity contribution in [3.05, 3.63) is 93.4 Å². The highest BCUT2D eigenvalue weighted by atomic mass is 35.5. The molecule has 5 aromatic rings. The van der Waals surface area contributed by atoms with Crippen LogP contribution in [-0.4, -0.2) is 35.1 Å². The molecule has 176 valence electrons. The van der Waals surface area contributed by atoms with Crippen LogP contribution >= 0.6 is 22.9 Å². The number of halogens is 1. The fraction of sp³-hybridized carbons (Fsp3) is 0.0833. The van der Waals surface area contributed by atoms with Crippen molar-refractivity contribution >= 4 is 65.1 Å². The highest BCUT2D eigenvalue weighted by Gasteiger charge is 2.19. The summed E-state index contributed by atoms with van der Waals surface area (Å²) in [7, 11) is -3.38. The molecule has 35 heavy (non-hydrogen) atoms. The van der Waals surface area contributed by atoms with E-state index in [0.717, 1.165) is 23.2 Å². The molecule has 1 amide bonds. The molecule has 3 heterocycles. The zero-order valence-corrected chi connectivity index (χ0v) is 20.6. The Morgan fingerprint density at radius 2 is 1.89 bits per heavy atom. The summed E-state index contributed by atoms with van der Waals surface area (Å²) >= 11 is 7.10. The minimum Gasteiger partial charge on any atom is -0.298 e. The van der Waals surface area contributed by atoms with Gasteiger partial charge in [-0.15, -0.1) is 0 Å². The van der Waals surface area contributed by atoms with Crippen molar-refractivity contribution in [3.63, 3.8) is 0 Å². The normalized spacial score (nSPS) is 11.7. The van der Waals surface area contributed by atoms with Gasteiger partial charge in [-0.3, -0.25) is 19.5 Å². The molecule has 2 aromatic carbocycles. The van der Waals surface area contributed by atoms with Gasteiger partial charge in [0.25, 0.3) is 11.5 Å². The Morgan fingerprint density at radius 3 is 2.63 bits per heavy atom. The van der Waals surface area contributed by atoms with Gasteiger partial charge in [-0.1, -0.05) is 35.1 Å². The quantitative estimate of drug-likeness (QED) is 0.365. The van der Waals surface area contributed by atoms with Gasteiger partial charge in [-0.05, 0) is 54.1 Å². The van der Waals surface area contributed by atoms with Gasteiger partial charge in [-0.25, -0.2) is 18.4 Å². The van der Waals surface area contributed by atoms with Crippen molar-refractivity contribution in [1.29, 1.82) is 0 Å². The van der Waals surface area contributed by atoms with Gasteiger partial charge >= 0.3 is 0 Å². The van der Waals surface area contributed by atoms with Crippen LogP contribution in [0.4, 0.5) is 5.13 Å². The predicted molar refractivity (Wildman–Crippen MR) is 137 cm³/mol. The van der Waals surface area contributed by atoms with E-state index in [1.54, 1.807) is 36.5 Å². The van der Waals surface area contributed by atoms with Gasteiger partial charge in [0.05, 0.1) is 21.7 Å². The number of aromatic nitrogens is 3. The van der Waals surface area contributed by atoms with Crippen LogP contribution in [-0.2, 0) is 16.4 Å². The van der Waals surface area contributed by atoms with Crippen LogP contribution in [0.1, 0.15) is 15.9 Å². The van der Waals surface area contributed by atoms with Gasteiger partial charge in [0.1, 0.15) is 11.2 Å². The Hall–Kier alpha value is -3.60. The van der Waals surface area contributed by atoms with E-state index in [1.165, 1.54) is 22.8 Å². The third-order valence-electron chi connectivity index (χ3n) is 5.36. The molecule has 0 saturated heterocycles. The van der Waals surface area contributed by atoms with E-state index >= 15 is 0 Å². The van der Waals surface area contributed by atoms with Crippen molar-refractivity contribution in [2.75, 3.05) is 11.6 Å². The number of thiazole rings is 1. The number of nitrogens with zero attached hydrogens (tertiary/aromatic N) is 3. The van der Waals surface area contributed by atoms with Crippen molar-refractivity contribution in [3.8, 4) is 0 Å². The standard InChI is InChI=1S/C24H17ClN4O4S2/c1-35(32,33)17-8-9-19-20(12-17)34-24(27-19)28-22(30)18-11-15-3-2-10-26-21(15)29(23(18)31)13-14-4-6-16(25)7-5-14/h2-12H,13H2,1H3,(H,27,28,30). The van der Waals surface area contributed by atoms with Crippen LogP contribution in [0.25, 0.3) is 21.3 Å². The lowest BCUT2D eigenvalue weighted by Crippen LogP contribution is -2.30. The predicted octanol–water partition coefficient (Wildman–Crippen LogP) is 4.36. The second kappa shape index (κ2) is 8.88. The maximum Gasteiger partial charge on any atom is 0.265 e. The first-order chi connectivity index (χ1) is 16.7. The monoisotopic (exact) mass is 524 g/mol. The number of anilines is 1. The number of carbonyl (C=O) groups is 1. The number of sulfone groups is 1. The number of rotatable bonds is 5. The number of amides is 1. The molecular formula is C24H17ClN4O4S2. The van der Waals surface area contributed by atoms with Gasteiger partial charge in [0, 0.05) is 22.9 Å². The molecule has 0 bridgehead atoms. The number of hydrogen-bond donors (Lipinski definition) is 1. The summed E-state index contributed by atoms with van der Waals surface area (Å²) in [5.41, 5.74) is 1.27. The number of pyridine rings is 2. The Balaban J connectivity index is 1.53. The molecule has 0 unspecified atom stereocenters. The number of hydrogen-bond acceptors (Lipinski definition) is 7. The average molecular weight is 525 g/mol. The average Bonchev–Trinajstić information content (AvgIpc) is 3.23. The molecule has 0 radical (unpaired) electrons. The molecule has 0 aliphatic rings. The summed E-state index contributed by atoms with van der Waals surface area (Å²) in [5, 5.41) is 4.15. The maximum absolute atomic E-state index is 13.4. The summed E-state index contributed by atoms with van der Waals surface area (Å²) in [6.45, 7) is 0.208. The maximum atomic E-state index is 13.4. The van der Waals surface area contributed by atoms with Crippen LogP contribution in [0.5, 0.6) is 0 Å². The van der Waals surface area contributed by atoms with Gasteiger partial charge in [0.2, 0.25) is 0 Å². The van der Waals surface area contributed by atoms with Crippen molar-refractivity contribution in [2.45, 2.75) is 11.4 Å². The van der Waals surface area contributed by atoms with Crippen LogP contribution in [0, 0.1) is 0 Å². The number of nitrogens with one attached hydrogen (secondary N) is 1. The summed E-state index contributed by atoms with van der Waals surface area (Å²) < 4.78 is 25.7. The van der Waals surface area contributed by atoms with E-state index in [1.807, 2.05) is 12.1 Å². The van der Waals surface area contributed by atoms with E-state index in [-0.39, 0.29) is 22.1 Å². The molecule has 0 aliphatic heterocycles.